The third-order valence-corrected chi connectivity index (χ3v) is 6.67. The predicted octanol–water partition coefficient (Wildman–Crippen LogP) is 4.85. The molecule has 1 atom stereocenters. The highest BCUT2D eigenvalue weighted by Gasteiger charge is 2.49. The molecule has 0 aliphatic heterocycles. The highest BCUT2D eigenvalue weighted by Crippen LogP contribution is 2.66. The van der Waals surface area contributed by atoms with Crippen LogP contribution >= 0.6 is 7.60 Å². The molecule has 5 heteroatoms. The van der Waals surface area contributed by atoms with Crippen LogP contribution in [0.2, 0.25) is 0 Å². The average molecular weight is 328 g/mol. The number of aryl methyl sites for hydroxylation is 1. The maximum absolute atomic E-state index is 13.4. The SMILES string of the molecule is CCOP(=O)(OCC)C(c1cccc(C)c1)C(O)(CC)CC. The third-order valence-electron chi connectivity index (χ3n) is 4.03. The third kappa shape index (κ3) is 4.20. The lowest BCUT2D eigenvalue weighted by molar-refractivity contribution is 0.0160. The molecule has 0 aromatic heterocycles. The molecule has 126 valence electrons. The van der Waals surface area contributed by atoms with E-state index in [9.17, 15) is 9.67 Å². The predicted molar refractivity (Wildman–Crippen MR) is 90.3 cm³/mol. The zero-order chi connectivity index (χ0) is 16.8. The van der Waals surface area contributed by atoms with Crippen LogP contribution in [0.25, 0.3) is 0 Å². The zero-order valence-corrected chi connectivity index (χ0v) is 15.2. The summed E-state index contributed by atoms with van der Waals surface area (Å²) in [5.41, 5.74) is 0.0380. The van der Waals surface area contributed by atoms with Gasteiger partial charge in [0.1, 0.15) is 5.66 Å². The van der Waals surface area contributed by atoms with Gasteiger partial charge in [0.15, 0.2) is 0 Å². The first-order chi connectivity index (χ1) is 10.4. The van der Waals surface area contributed by atoms with Crippen molar-refractivity contribution in [1.82, 2.24) is 0 Å². The molecule has 0 aliphatic carbocycles. The molecule has 0 fully saturated rings. The summed E-state index contributed by atoms with van der Waals surface area (Å²) in [5, 5.41) is 11.1. The quantitative estimate of drug-likeness (QED) is 0.658. The molecular formula is C17H29O4P. The first kappa shape index (κ1) is 19.4. The Labute approximate surface area is 134 Å². The van der Waals surface area contributed by atoms with Crippen molar-refractivity contribution in [3.8, 4) is 0 Å². The van der Waals surface area contributed by atoms with Gasteiger partial charge in [-0.05, 0) is 39.2 Å². The molecule has 1 aromatic carbocycles. The lowest BCUT2D eigenvalue weighted by atomic mass is 9.88. The van der Waals surface area contributed by atoms with Gasteiger partial charge in [0, 0.05) is 0 Å². The summed E-state index contributed by atoms with van der Waals surface area (Å²) in [6, 6.07) is 7.72. The Morgan fingerprint density at radius 2 is 1.68 bits per heavy atom. The van der Waals surface area contributed by atoms with E-state index < -0.39 is 18.9 Å². The summed E-state index contributed by atoms with van der Waals surface area (Å²) in [4.78, 5) is 0. The van der Waals surface area contributed by atoms with Gasteiger partial charge in [-0.3, -0.25) is 4.57 Å². The molecule has 1 aromatic rings. The Morgan fingerprint density at radius 3 is 2.09 bits per heavy atom. The van der Waals surface area contributed by atoms with E-state index in [-0.39, 0.29) is 13.2 Å². The van der Waals surface area contributed by atoms with E-state index in [0.717, 1.165) is 11.1 Å². The monoisotopic (exact) mass is 328 g/mol. The molecule has 0 aliphatic rings. The van der Waals surface area contributed by atoms with Crippen molar-refractivity contribution in [3.63, 3.8) is 0 Å². The Kier molecular flexibility index (Phi) is 7.27. The van der Waals surface area contributed by atoms with Gasteiger partial charge in [-0.1, -0.05) is 43.7 Å². The normalized spacial score (nSPS) is 14.1. The van der Waals surface area contributed by atoms with Crippen LogP contribution < -0.4 is 0 Å². The van der Waals surface area contributed by atoms with Gasteiger partial charge < -0.3 is 14.2 Å². The van der Waals surface area contributed by atoms with Gasteiger partial charge in [0.2, 0.25) is 0 Å². The molecule has 0 radical (unpaired) electrons. The minimum absolute atomic E-state index is 0.281. The van der Waals surface area contributed by atoms with Gasteiger partial charge in [-0.2, -0.15) is 0 Å². The molecule has 22 heavy (non-hydrogen) atoms. The Bertz CT molecular complexity index is 501. The maximum atomic E-state index is 13.4. The highest BCUT2D eigenvalue weighted by atomic mass is 31.2. The fourth-order valence-corrected chi connectivity index (χ4v) is 5.38. The van der Waals surface area contributed by atoms with Crippen LogP contribution in [0.15, 0.2) is 24.3 Å². The van der Waals surface area contributed by atoms with Gasteiger partial charge >= 0.3 is 7.60 Å². The highest BCUT2D eigenvalue weighted by molar-refractivity contribution is 7.54. The van der Waals surface area contributed by atoms with Crippen LogP contribution in [0.3, 0.4) is 0 Å². The number of hydrogen-bond donors (Lipinski definition) is 1. The second-order valence-electron chi connectivity index (χ2n) is 5.50. The van der Waals surface area contributed by atoms with Crippen LogP contribution in [0, 0.1) is 6.92 Å². The summed E-state index contributed by atoms with van der Waals surface area (Å²) in [6.45, 7) is 9.91. The molecule has 0 bridgehead atoms. The number of hydrogen-bond acceptors (Lipinski definition) is 4. The minimum atomic E-state index is -3.48. The summed E-state index contributed by atoms with van der Waals surface area (Å²) >= 11 is 0. The number of aliphatic hydroxyl groups is 1. The van der Waals surface area contributed by atoms with Crippen LogP contribution in [-0.2, 0) is 13.6 Å². The topological polar surface area (TPSA) is 55.8 Å². The van der Waals surface area contributed by atoms with Gasteiger partial charge in [-0.25, -0.2) is 0 Å². The zero-order valence-electron chi connectivity index (χ0n) is 14.3. The van der Waals surface area contributed by atoms with Crippen molar-refractivity contribution in [2.24, 2.45) is 0 Å². The molecule has 0 heterocycles. The molecule has 0 spiro atoms. The first-order valence-corrected chi connectivity index (χ1v) is 9.65. The van der Waals surface area contributed by atoms with Gasteiger partial charge in [0.05, 0.1) is 18.8 Å². The molecular weight excluding hydrogens is 299 g/mol. The molecule has 0 saturated heterocycles. The number of rotatable bonds is 9. The van der Waals surface area contributed by atoms with E-state index in [1.54, 1.807) is 13.8 Å². The van der Waals surface area contributed by atoms with E-state index in [0.29, 0.717) is 12.8 Å². The van der Waals surface area contributed by atoms with Crippen LogP contribution in [-0.4, -0.2) is 23.9 Å². The van der Waals surface area contributed by atoms with Crippen molar-refractivity contribution < 1.29 is 18.7 Å². The number of benzene rings is 1. The summed E-state index contributed by atoms with van der Waals surface area (Å²) < 4.78 is 24.5. The molecule has 0 saturated carbocycles. The van der Waals surface area contributed by atoms with Crippen molar-refractivity contribution in [2.75, 3.05) is 13.2 Å². The van der Waals surface area contributed by atoms with E-state index in [1.165, 1.54) is 0 Å². The second-order valence-corrected chi connectivity index (χ2v) is 7.62. The summed E-state index contributed by atoms with van der Waals surface area (Å²) in [6.07, 6.45) is 0.957. The van der Waals surface area contributed by atoms with E-state index >= 15 is 0 Å². The fraction of sp³-hybridized carbons (Fsp3) is 0.647. The Morgan fingerprint density at radius 1 is 1.14 bits per heavy atom. The molecule has 0 amide bonds. The van der Waals surface area contributed by atoms with Crippen molar-refractivity contribution in [1.29, 1.82) is 0 Å². The minimum Gasteiger partial charge on any atom is -0.389 e. The lowest BCUT2D eigenvalue weighted by Gasteiger charge is -2.38. The molecule has 1 unspecified atom stereocenters. The van der Waals surface area contributed by atoms with Crippen LogP contribution in [0.4, 0.5) is 0 Å². The largest absolute Gasteiger partial charge is 0.389 e. The summed E-state index contributed by atoms with van der Waals surface area (Å²) in [5.74, 6) is 0. The standard InChI is InChI=1S/C17H29O4P/c1-6-17(18,7-2)16(15-12-10-11-14(5)13-15)22(19,20-8-3)21-9-4/h10-13,16,18H,6-9H2,1-5H3. The average Bonchev–Trinajstić information content (AvgIpc) is 2.47. The van der Waals surface area contributed by atoms with E-state index in [1.807, 2.05) is 45.0 Å². The van der Waals surface area contributed by atoms with Crippen molar-refractivity contribution >= 4 is 7.60 Å². The molecule has 1 rings (SSSR count). The maximum Gasteiger partial charge on any atom is 0.340 e. The fourth-order valence-electron chi connectivity index (χ4n) is 2.81. The summed E-state index contributed by atoms with van der Waals surface area (Å²) in [7, 11) is -3.48. The van der Waals surface area contributed by atoms with E-state index in [2.05, 4.69) is 0 Å². The molecule has 1 N–H and O–H groups in total. The van der Waals surface area contributed by atoms with Crippen molar-refractivity contribution in [3.05, 3.63) is 35.4 Å². The Balaban J connectivity index is 3.48. The van der Waals surface area contributed by atoms with Crippen LogP contribution in [0.5, 0.6) is 0 Å². The second kappa shape index (κ2) is 8.26. The van der Waals surface area contributed by atoms with Crippen LogP contribution in [0.1, 0.15) is 57.3 Å². The van der Waals surface area contributed by atoms with Crippen molar-refractivity contribution in [2.45, 2.75) is 58.7 Å². The smallest absolute Gasteiger partial charge is 0.340 e. The first-order valence-electron chi connectivity index (χ1n) is 8.04. The Hall–Kier alpha value is -0.670. The van der Waals surface area contributed by atoms with Gasteiger partial charge in [0.25, 0.3) is 0 Å². The lowest BCUT2D eigenvalue weighted by Crippen LogP contribution is -2.36. The van der Waals surface area contributed by atoms with Gasteiger partial charge in [-0.15, -0.1) is 0 Å². The molecule has 4 nitrogen and oxygen atoms in total. The van der Waals surface area contributed by atoms with E-state index in [4.69, 9.17) is 9.05 Å².